The van der Waals surface area contributed by atoms with Gasteiger partial charge in [-0.05, 0) is 30.2 Å². The summed E-state index contributed by atoms with van der Waals surface area (Å²) >= 11 is 0. The number of benzene rings is 3. The molecule has 0 atom stereocenters. The Kier molecular flexibility index (Phi) is 5.05. The number of hydrogen-bond donors (Lipinski definition) is 0. The Labute approximate surface area is 146 Å². The third kappa shape index (κ3) is 3.83. The molecule has 124 valence electrons. The fraction of sp³-hybridized carbons (Fsp3) is 0.0909. The zero-order chi connectivity index (χ0) is 17.6. The zero-order valence-electron chi connectivity index (χ0n) is 13.9. The highest BCUT2D eigenvalue weighted by atomic mass is 16.5. The molecule has 0 aliphatic rings. The van der Waals surface area contributed by atoms with Gasteiger partial charge in [0.2, 0.25) is 0 Å². The fourth-order valence-electron chi connectivity index (χ4n) is 2.58. The minimum Gasteiger partial charge on any atom is -0.462 e. The maximum absolute atomic E-state index is 12.4. The monoisotopic (exact) mass is 330 g/mol. The number of hydrogen-bond acceptors (Lipinski definition) is 3. The molecule has 0 radical (unpaired) electrons. The lowest BCUT2D eigenvalue weighted by molar-refractivity contribution is 0.0526. The van der Waals surface area contributed by atoms with E-state index in [4.69, 9.17) is 4.74 Å². The Balaban J connectivity index is 1.78. The minimum absolute atomic E-state index is 0.00445. The molecule has 0 fully saturated rings. The molecular weight excluding hydrogens is 312 g/mol. The SMILES string of the molecule is CCOC(=O)c1ccc(-c2ccc(C(=O)c3ccccc3)cc2)cc1. The van der Waals surface area contributed by atoms with Crippen LogP contribution in [-0.4, -0.2) is 18.4 Å². The van der Waals surface area contributed by atoms with Crippen molar-refractivity contribution in [2.24, 2.45) is 0 Å². The van der Waals surface area contributed by atoms with Crippen LogP contribution < -0.4 is 0 Å². The van der Waals surface area contributed by atoms with Crippen LogP contribution in [-0.2, 0) is 4.74 Å². The topological polar surface area (TPSA) is 43.4 Å². The smallest absolute Gasteiger partial charge is 0.338 e. The van der Waals surface area contributed by atoms with E-state index in [1.807, 2.05) is 66.7 Å². The molecule has 0 spiro atoms. The molecule has 0 bridgehead atoms. The molecule has 0 heterocycles. The lowest BCUT2D eigenvalue weighted by Crippen LogP contribution is -2.04. The number of ketones is 1. The van der Waals surface area contributed by atoms with Gasteiger partial charge < -0.3 is 4.74 Å². The summed E-state index contributed by atoms with van der Waals surface area (Å²) in [6.07, 6.45) is 0. The van der Waals surface area contributed by atoms with Crippen molar-refractivity contribution >= 4 is 11.8 Å². The van der Waals surface area contributed by atoms with Gasteiger partial charge >= 0.3 is 5.97 Å². The highest BCUT2D eigenvalue weighted by Gasteiger charge is 2.09. The minimum atomic E-state index is -0.321. The largest absolute Gasteiger partial charge is 0.462 e. The molecule has 3 aromatic carbocycles. The standard InChI is InChI=1S/C22H18O3/c1-2-25-22(24)20-14-10-17(11-15-20)16-8-12-19(13-9-16)21(23)18-6-4-3-5-7-18/h3-15H,2H2,1H3. The summed E-state index contributed by atoms with van der Waals surface area (Å²) in [6.45, 7) is 2.14. The third-order valence-electron chi connectivity index (χ3n) is 3.91. The van der Waals surface area contributed by atoms with Gasteiger partial charge in [-0.1, -0.05) is 66.7 Å². The molecule has 0 aliphatic carbocycles. The predicted molar refractivity (Wildman–Crippen MR) is 97.7 cm³/mol. The van der Waals surface area contributed by atoms with Crippen molar-refractivity contribution < 1.29 is 14.3 Å². The highest BCUT2D eigenvalue weighted by molar-refractivity contribution is 6.09. The summed E-state index contributed by atoms with van der Waals surface area (Å²) in [5.74, 6) is -0.317. The van der Waals surface area contributed by atoms with Crippen molar-refractivity contribution in [3.63, 3.8) is 0 Å². The normalized spacial score (nSPS) is 10.3. The molecule has 0 aromatic heterocycles. The molecule has 0 amide bonds. The number of esters is 1. The molecule has 3 nitrogen and oxygen atoms in total. The van der Waals surface area contributed by atoms with Gasteiger partial charge in [-0.3, -0.25) is 4.79 Å². The van der Waals surface area contributed by atoms with Crippen molar-refractivity contribution in [1.82, 2.24) is 0 Å². The van der Waals surface area contributed by atoms with E-state index in [9.17, 15) is 9.59 Å². The van der Waals surface area contributed by atoms with Gasteiger partial charge in [0.25, 0.3) is 0 Å². The van der Waals surface area contributed by atoms with E-state index in [-0.39, 0.29) is 11.8 Å². The van der Waals surface area contributed by atoms with Crippen molar-refractivity contribution in [2.45, 2.75) is 6.92 Å². The molecule has 0 saturated heterocycles. The number of rotatable bonds is 5. The van der Waals surface area contributed by atoms with E-state index in [2.05, 4.69) is 0 Å². The summed E-state index contributed by atoms with van der Waals surface area (Å²) < 4.78 is 4.98. The van der Waals surface area contributed by atoms with Crippen molar-refractivity contribution in [2.75, 3.05) is 6.61 Å². The molecule has 3 rings (SSSR count). The summed E-state index contributed by atoms with van der Waals surface area (Å²) in [4.78, 5) is 24.1. The molecular formula is C22H18O3. The molecule has 3 heteroatoms. The lowest BCUT2D eigenvalue weighted by Gasteiger charge is -2.06. The Morgan fingerprint density at radius 3 is 1.68 bits per heavy atom. The quantitative estimate of drug-likeness (QED) is 0.500. The van der Waals surface area contributed by atoms with Gasteiger partial charge in [0.1, 0.15) is 0 Å². The molecule has 0 N–H and O–H groups in total. The maximum atomic E-state index is 12.4. The third-order valence-corrected chi connectivity index (χ3v) is 3.91. The van der Waals surface area contributed by atoms with Gasteiger partial charge in [-0.25, -0.2) is 4.79 Å². The van der Waals surface area contributed by atoms with Crippen LogP contribution in [0.2, 0.25) is 0 Å². The van der Waals surface area contributed by atoms with Crippen LogP contribution in [0, 0.1) is 0 Å². The first kappa shape index (κ1) is 16.7. The molecule has 0 aliphatic heterocycles. The first-order valence-corrected chi connectivity index (χ1v) is 8.16. The van der Waals surface area contributed by atoms with Gasteiger partial charge in [-0.2, -0.15) is 0 Å². The van der Waals surface area contributed by atoms with Crippen LogP contribution in [0.4, 0.5) is 0 Å². The van der Waals surface area contributed by atoms with E-state index in [0.717, 1.165) is 11.1 Å². The summed E-state index contributed by atoms with van der Waals surface area (Å²) in [5.41, 5.74) is 3.82. The number of ether oxygens (including phenoxy) is 1. The van der Waals surface area contributed by atoms with Crippen LogP contribution in [0.25, 0.3) is 11.1 Å². The fourth-order valence-corrected chi connectivity index (χ4v) is 2.58. The predicted octanol–water partition coefficient (Wildman–Crippen LogP) is 4.76. The van der Waals surface area contributed by atoms with Crippen LogP contribution in [0.1, 0.15) is 33.2 Å². The maximum Gasteiger partial charge on any atom is 0.338 e. The Bertz CT molecular complexity index is 863. The van der Waals surface area contributed by atoms with Crippen LogP contribution in [0.15, 0.2) is 78.9 Å². The van der Waals surface area contributed by atoms with Crippen molar-refractivity contribution in [3.8, 4) is 11.1 Å². The number of carbonyl (C=O) groups excluding carboxylic acids is 2. The Morgan fingerprint density at radius 1 is 0.680 bits per heavy atom. The molecule has 3 aromatic rings. The molecule has 25 heavy (non-hydrogen) atoms. The average Bonchev–Trinajstić information content (AvgIpc) is 2.68. The van der Waals surface area contributed by atoms with Crippen molar-refractivity contribution in [3.05, 3.63) is 95.6 Å². The Morgan fingerprint density at radius 2 is 1.16 bits per heavy atom. The summed E-state index contributed by atoms with van der Waals surface area (Å²) in [5, 5.41) is 0. The van der Waals surface area contributed by atoms with Gasteiger partial charge in [0.15, 0.2) is 5.78 Å². The lowest BCUT2D eigenvalue weighted by atomic mass is 9.99. The Hall–Kier alpha value is -3.20. The highest BCUT2D eigenvalue weighted by Crippen LogP contribution is 2.21. The van der Waals surface area contributed by atoms with E-state index >= 15 is 0 Å². The zero-order valence-corrected chi connectivity index (χ0v) is 13.9. The van der Waals surface area contributed by atoms with E-state index in [0.29, 0.717) is 23.3 Å². The first-order chi connectivity index (χ1) is 12.2. The van der Waals surface area contributed by atoms with Gasteiger partial charge in [-0.15, -0.1) is 0 Å². The summed E-state index contributed by atoms with van der Waals surface area (Å²) in [6, 6.07) is 23.9. The summed E-state index contributed by atoms with van der Waals surface area (Å²) in [7, 11) is 0. The van der Waals surface area contributed by atoms with Crippen molar-refractivity contribution in [1.29, 1.82) is 0 Å². The van der Waals surface area contributed by atoms with Gasteiger partial charge in [0.05, 0.1) is 12.2 Å². The van der Waals surface area contributed by atoms with E-state index < -0.39 is 0 Å². The second kappa shape index (κ2) is 7.58. The van der Waals surface area contributed by atoms with Crippen LogP contribution in [0.5, 0.6) is 0 Å². The first-order valence-electron chi connectivity index (χ1n) is 8.16. The van der Waals surface area contributed by atoms with E-state index in [1.165, 1.54) is 0 Å². The number of carbonyl (C=O) groups is 2. The van der Waals surface area contributed by atoms with E-state index in [1.54, 1.807) is 19.1 Å². The van der Waals surface area contributed by atoms with Gasteiger partial charge in [0, 0.05) is 11.1 Å². The second-order valence-electron chi connectivity index (χ2n) is 5.57. The van der Waals surface area contributed by atoms with Crippen LogP contribution in [0.3, 0.4) is 0 Å². The van der Waals surface area contributed by atoms with Crippen LogP contribution >= 0.6 is 0 Å². The molecule has 0 saturated carbocycles. The second-order valence-corrected chi connectivity index (χ2v) is 5.57. The average molecular weight is 330 g/mol. The molecule has 0 unspecified atom stereocenters.